The molecule has 1 fully saturated rings. The number of carboxylic acid groups (broad SMARTS) is 1. The Morgan fingerprint density at radius 3 is 1.16 bits per heavy atom. The van der Waals surface area contributed by atoms with Gasteiger partial charge in [0.1, 0.15) is 5.56 Å². The molecule has 305 valence electrons. The van der Waals surface area contributed by atoms with Crippen LogP contribution in [0.4, 0.5) is 22.0 Å². The number of hydrogen-bond acceptors (Lipinski definition) is 5. The van der Waals surface area contributed by atoms with Crippen LogP contribution >= 0.6 is 0 Å². The van der Waals surface area contributed by atoms with Crippen LogP contribution in [0, 0.1) is 50.7 Å². The Balaban J connectivity index is 0.000000586. The van der Waals surface area contributed by atoms with Crippen LogP contribution in [-0.4, -0.2) is 34.7 Å². The minimum Gasteiger partial charge on any atom is -0.477 e. The van der Waals surface area contributed by atoms with E-state index >= 15 is 0 Å². The molecule has 0 amide bonds. The molecule has 4 rings (SSSR count). The Hall–Kier alpha value is -3.77. The van der Waals surface area contributed by atoms with Crippen LogP contribution in [0.1, 0.15) is 119 Å². The number of halogens is 5. The van der Waals surface area contributed by atoms with Crippen molar-refractivity contribution in [3.63, 3.8) is 0 Å². The summed E-state index contributed by atoms with van der Waals surface area (Å²) in [5.74, 6) is -13.7. The molecule has 3 aliphatic rings. The van der Waals surface area contributed by atoms with Gasteiger partial charge in [-0.1, -0.05) is 108 Å². The Labute approximate surface area is 332 Å². The summed E-state index contributed by atoms with van der Waals surface area (Å²) in [6, 6.07) is 0.340. The predicted molar refractivity (Wildman–Crippen MR) is 202 cm³/mol. The van der Waals surface area contributed by atoms with Gasteiger partial charge in [0.15, 0.2) is 34.8 Å². The zero-order chi connectivity index (χ0) is 41.3. The van der Waals surface area contributed by atoms with Crippen LogP contribution in [0.5, 0.6) is 0 Å². The van der Waals surface area contributed by atoms with Gasteiger partial charge >= 0.3 is 5.97 Å². The zero-order valence-electron chi connectivity index (χ0n) is 33.8. The van der Waals surface area contributed by atoms with Crippen molar-refractivity contribution in [2.45, 2.75) is 121 Å². The summed E-state index contributed by atoms with van der Waals surface area (Å²) in [7, 11) is 0. The largest absolute Gasteiger partial charge is 0.477 e. The van der Waals surface area contributed by atoms with Crippen molar-refractivity contribution in [3.8, 4) is 0 Å². The Bertz CT molecular complexity index is 1750. The molecule has 12 heteroatoms. The normalized spacial score (nSPS) is 21.1. The molecular weight excluding hydrogens is 762 g/mol. The number of nitrogens with one attached hydrogen (secondary N) is 2. The number of allylic oxidation sites excluding steroid dienone is 10. The molecule has 0 aromatic heterocycles. The van der Waals surface area contributed by atoms with E-state index in [1.165, 1.54) is 11.1 Å². The molecule has 1 saturated carbocycles. The van der Waals surface area contributed by atoms with E-state index in [9.17, 15) is 36.3 Å². The van der Waals surface area contributed by atoms with Crippen molar-refractivity contribution in [1.82, 2.24) is 10.6 Å². The third-order valence-electron chi connectivity index (χ3n) is 9.68. The number of carbonyl (C=O) groups is 3. The van der Waals surface area contributed by atoms with Gasteiger partial charge in [0.05, 0.1) is 0 Å². The first kappa shape index (κ1) is 47.4. The smallest absolute Gasteiger partial charge is 0.341 e. The minimum atomic E-state index is -2.38. The van der Waals surface area contributed by atoms with Gasteiger partial charge in [0.25, 0.3) is 0 Å². The Kier molecular flexibility index (Phi) is 15.1. The fourth-order valence-corrected chi connectivity index (χ4v) is 6.21. The van der Waals surface area contributed by atoms with E-state index < -0.39 is 40.6 Å². The molecule has 0 spiro atoms. The number of rotatable bonds is 5. The average Bonchev–Trinajstić information content (AvgIpc) is 3.04. The average molecular weight is 818 g/mol. The summed E-state index contributed by atoms with van der Waals surface area (Å²) in [6.07, 6.45) is 16.5. The fraction of sp³-hybridized carbons (Fsp3) is 0.512. The Morgan fingerprint density at radius 2 is 0.891 bits per heavy atom. The number of hydrogen-bond donors (Lipinski definition) is 3. The van der Waals surface area contributed by atoms with E-state index in [-0.39, 0.29) is 62.1 Å². The van der Waals surface area contributed by atoms with Crippen molar-refractivity contribution >= 4 is 17.5 Å². The van der Waals surface area contributed by atoms with Crippen LogP contribution in [0.15, 0.2) is 70.1 Å². The maximum absolute atomic E-state index is 13.5. The first-order chi connectivity index (χ1) is 24.6. The van der Waals surface area contributed by atoms with Crippen LogP contribution in [0.25, 0.3) is 0 Å². The third-order valence-corrected chi connectivity index (χ3v) is 9.68. The second kappa shape index (κ2) is 17.6. The molecule has 0 heterocycles. The zero-order valence-corrected chi connectivity index (χ0v) is 34.9. The summed E-state index contributed by atoms with van der Waals surface area (Å²) in [5.41, 5.74) is 3.09. The van der Waals surface area contributed by atoms with Crippen molar-refractivity contribution in [1.29, 1.82) is 0 Å². The second-order valence-electron chi connectivity index (χ2n) is 18.3. The van der Waals surface area contributed by atoms with Crippen LogP contribution in [0.2, 0.25) is 0 Å². The van der Waals surface area contributed by atoms with E-state index in [4.69, 9.17) is 5.11 Å². The maximum Gasteiger partial charge on any atom is 0.341 e. The summed E-state index contributed by atoms with van der Waals surface area (Å²) in [5, 5.41) is 15.4. The molecule has 3 aliphatic carbocycles. The SMILES string of the molecule is CC(C)(C)C1=C/C(=C/N[C@@H]2CCCC[C@H]2N/C=C2/C=C(C(C)(C)C)C=C(C(C)(C)C)C2=O)C(=O)C(C(C)(C)C)=C1.O=C(O)c1c(F)c(F)c(F)c(F)c1F.[Co]. The monoisotopic (exact) mass is 817 g/mol. The first-order valence-corrected chi connectivity index (χ1v) is 18.2. The van der Waals surface area contributed by atoms with Crippen molar-refractivity contribution in [2.75, 3.05) is 0 Å². The molecule has 55 heavy (non-hydrogen) atoms. The van der Waals surface area contributed by atoms with E-state index in [1.807, 2.05) is 12.4 Å². The molecule has 1 aromatic carbocycles. The summed E-state index contributed by atoms with van der Waals surface area (Å²) in [6.45, 7) is 25.8. The summed E-state index contributed by atoms with van der Waals surface area (Å²) < 4.78 is 62.1. The number of aromatic carboxylic acids is 1. The molecule has 0 aliphatic heterocycles. The molecule has 0 saturated heterocycles. The van der Waals surface area contributed by atoms with Crippen LogP contribution in [0.3, 0.4) is 0 Å². The van der Waals surface area contributed by atoms with Crippen molar-refractivity contribution in [3.05, 3.63) is 105 Å². The molecule has 6 nitrogen and oxygen atoms in total. The Morgan fingerprint density at radius 1 is 0.582 bits per heavy atom. The van der Waals surface area contributed by atoms with Crippen molar-refractivity contribution in [2.24, 2.45) is 21.7 Å². The molecule has 2 atom stereocenters. The van der Waals surface area contributed by atoms with E-state index in [1.54, 1.807) is 0 Å². The van der Waals surface area contributed by atoms with Gasteiger partial charge in [-0.2, -0.15) is 0 Å². The van der Waals surface area contributed by atoms with Gasteiger partial charge in [0, 0.05) is 63.6 Å². The van der Waals surface area contributed by atoms with Gasteiger partial charge in [-0.15, -0.1) is 0 Å². The summed E-state index contributed by atoms with van der Waals surface area (Å²) in [4.78, 5) is 37.1. The van der Waals surface area contributed by atoms with E-state index in [2.05, 4.69) is 118 Å². The van der Waals surface area contributed by atoms with Crippen molar-refractivity contribution < 1.29 is 58.2 Å². The standard InChI is InChI=1S/C36H54N2O2.C7HF5O2.Co/c1-33(2,3)25-17-23(31(39)27(19-25)35(7,8)9)21-37-29-15-13-14-16-30(29)38-22-24-18-26(34(4,5)6)20-28(32(24)40)36(10,11)12;8-2-1(7(13)14)3(9)5(11)6(12)4(2)10;/h17-22,29-30,37-38H,13-16H2,1-12H3;(H,13,14);/b23-21-,24-22-;;/t29-,30-;;/m1../s1. The number of Topliss-reactive ketones (excluding diaryl/α,β-unsaturated/α-hetero) is 2. The topological polar surface area (TPSA) is 95.5 Å². The first-order valence-electron chi connectivity index (χ1n) is 18.2. The number of carbonyl (C=O) groups excluding carboxylic acids is 2. The molecule has 1 radical (unpaired) electrons. The molecular formula is C43H55CoF5N2O4. The molecule has 3 N–H and O–H groups in total. The maximum atomic E-state index is 13.5. The molecule has 0 bridgehead atoms. The van der Waals surface area contributed by atoms with Gasteiger partial charge < -0.3 is 15.7 Å². The number of carboxylic acids is 1. The number of benzene rings is 1. The van der Waals surface area contributed by atoms with Gasteiger partial charge in [-0.25, -0.2) is 26.7 Å². The summed E-state index contributed by atoms with van der Waals surface area (Å²) >= 11 is 0. The third kappa shape index (κ3) is 11.4. The van der Waals surface area contributed by atoms with E-state index in [0.717, 1.165) is 48.0 Å². The van der Waals surface area contributed by atoms with Gasteiger partial charge in [-0.3, -0.25) is 9.59 Å². The van der Waals surface area contributed by atoms with Gasteiger partial charge in [0.2, 0.25) is 5.82 Å². The molecule has 1 aromatic rings. The predicted octanol–water partition coefficient (Wildman–Crippen LogP) is 10.4. The van der Waals surface area contributed by atoms with Crippen LogP contribution < -0.4 is 10.6 Å². The van der Waals surface area contributed by atoms with Crippen LogP contribution in [-0.2, 0) is 26.4 Å². The molecule has 0 unspecified atom stereocenters. The van der Waals surface area contributed by atoms with Gasteiger partial charge in [-0.05, 0) is 57.8 Å². The second-order valence-corrected chi connectivity index (χ2v) is 18.3. The number of ketones is 2. The van der Waals surface area contributed by atoms with E-state index in [0.29, 0.717) is 0 Å². The minimum absolute atomic E-state index is 0. The quantitative estimate of drug-likeness (QED) is 0.119. The fourth-order valence-electron chi connectivity index (χ4n) is 6.21.